The van der Waals surface area contributed by atoms with Crippen LogP contribution in [0.5, 0.6) is 5.75 Å². The van der Waals surface area contributed by atoms with Crippen molar-refractivity contribution in [2.75, 3.05) is 26.3 Å². The van der Waals surface area contributed by atoms with Gasteiger partial charge in [-0.3, -0.25) is 14.9 Å². The maximum absolute atomic E-state index is 12.1. The van der Waals surface area contributed by atoms with Gasteiger partial charge in [0.15, 0.2) is 6.61 Å². The first-order valence-corrected chi connectivity index (χ1v) is 7.95. The third kappa shape index (κ3) is 6.64. The zero-order chi connectivity index (χ0) is 18.1. The van der Waals surface area contributed by atoms with Crippen molar-refractivity contribution in [1.29, 1.82) is 0 Å². The van der Waals surface area contributed by atoms with Gasteiger partial charge in [-0.2, -0.15) is 0 Å². The number of benzene rings is 1. The zero-order valence-corrected chi connectivity index (χ0v) is 14.8. The predicted molar refractivity (Wildman–Crippen MR) is 89.4 cm³/mol. The lowest BCUT2D eigenvalue weighted by Crippen LogP contribution is -2.44. The SMILES string of the molecule is CCOC(=O)NC(=O)CN(CC)C(=O)COc1cc(Cl)ccc1Cl. The van der Waals surface area contributed by atoms with Gasteiger partial charge in [0.1, 0.15) is 12.3 Å². The fourth-order valence-electron chi connectivity index (χ4n) is 1.69. The maximum Gasteiger partial charge on any atom is 0.413 e. The Hall–Kier alpha value is -1.99. The minimum Gasteiger partial charge on any atom is -0.482 e. The van der Waals surface area contributed by atoms with E-state index in [2.05, 4.69) is 4.74 Å². The predicted octanol–water partition coefficient (Wildman–Crippen LogP) is 2.49. The Morgan fingerprint density at radius 2 is 1.92 bits per heavy atom. The standard InChI is InChI=1S/C15H18Cl2N2O5/c1-3-19(8-13(20)18-15(22)23-4-2)14(21)9-24-12-7-10(16)5-6-11(12)17/h5-7H,3-4,8-9H2,1-2H3,(H,18,20,22). The van der Waals surface area contributed by atoms with Gasteiger partial charge in [-0.05, 0) is 26.0 Å². The molecule has 0 spiro atoms. The number of carbonyl (C=O) groups is 3. The van der Waals surface area contributed by atoms with Gasteiger partial charge < -0.3 is 14.4 Å². The fraction of sp³-hybridized carbons (Fsp3) is 0.400. The molecule has 132 valence electrons. The quantitative estimate of drug-likeness (QED) is 0.789. The first kappa shape index (κ1) is 20.1. The molecule has 1 N–H and O–H groups in total. The molecule has 0 saturated heterocycles. The third-order valence-electron chi connectivity index (χ3n) is 2.83. The molecule has 24 heavy (non-hydrogen) atoms. The van der Waals surface area contributed by atoms with Gasteiger partial charge in [-0.15, -0.1) is 0 Å². The number of amides is 3. The van der Waals surface area contributed by atoms with Crippen LogP contribution in [0.3, 0.4) is 0 Å². The summed E-state index contributed by atoms with van der Waals surface area (Å²) in [5.41, 5.74) is 0. The number of alkyl carbamates (subject to hydrolysis) is 1. The molecule has 0 aromatic heterocycles. The van der Waals surface area contributed by atoms with Crippen LogP contribution in [0.2, 0.25) is 10.0 Å². The Bertz CT molecular complexity index is 610. The molecule has 0 aliphatic rings. The van der Waals surface area contributed by atoms with E-state index in [1.165, 1.54) is 11.0 Å². The first-order valence-electron chi connectivity index (χ1n) is 7.19. The van der Waals surface area contributed by atoms with Crippen LogP contribution >= 0.6 is 23.2 Å². The van der Waals surface area contributed by atoms with Crippen molar-refractivity contribution in [3.8, 4) is 5.75 Å². The normalized spacial score (nSPS) is 10.0. The van der Waals surface area contributed by atoms with Crippen molar-refractivity contribution >= 4 is 41.1 Å². The number of hydrogen-bond acceptors (Lipinski definition) is 5. The lowest BCUT2D eigenvalue weighted by atomic mass is 10.3. The highest BCUT2D eigenvalue weighted by atomic mass is 35.5. The van der Waals surface area contributed by atoms with Crippen LogP contribution < -0.4 is 10.1 Å². The van der Waals surface area contributed by atoms with Crippen LogP contribution in [0.25, 0.3) is 0 Å². The molecule has 9 heteroatoms. The van der Waals surface area contributed by atoms with E-state index < -0.39 is 17.9 Å². The molecule has 0 bridgehead atoms. The lowest BCUT2D eigenvalue weighted by molar-refractivity contribution is -0.137. The van der Waals surface area contributed by atoms with Gasteiger partial charge in [0.2, 0.25) is 5.91 Å². The summed E-state index contributed by atoms with van der Waals surface area (Å²) in [5, 5.41) is 2.75. The van der Waals surface area contributed by atoms with Crippen molar-refractivity contribution < 1.29 is 23.9 Å². The number of nitrogens with one attached hydrogen (secondary N) is 1. The molecule has 0 heterocycles. The van der Waals surface area contributed by atoms with Gasteiger partial charge in [-0.1, -0.05) is 23.2 Å². The van der Waals surface area contributed by atoms with Crippen molar-refractivity contribution in [2.24, 2.45) is 0 Å². The molecule has 0 fully saturated rings. The topological polar surface area (TPSA) is 84.9 Å². The smallest absolute Gasteiger partial charge is 0.413 e. The van der Waals surface area contributed by atoms with Gasteiger partial charge >= 0.3 is 6.09 Å². The molecule has 0 saturated carbocycles. The highest BCUT2D eigenvalue weighted by molar-refractivity contribution is 6.34. The van der Waals surface area contributed by atoms with Gasteiger partial charge in [0.25, 0.3) is 5.91 Å². The largest absolute Gasteiger partial charge is 0.482 e. The number of hydrogen-bond donors (Lipinski definition) is 1. The Morgan fingerprint density at radius 3 is 2.54 bits per heavy atom. The number of likely N-dealkylation sites (N-methyl/N-ethyl adjacent to an activating group) is 1. The molecule has 0 radical (unpaired) electrons. The monoisotopic (exact) mass is 376 g/mol. The third-order valence-corrected chi connectivity index (χ3v) is 3.38. The second kappa shape index (κ2) is 10.00. The van der Waals surface area contributed by atoms with Crippen LogP contribution in [-0.2, 0) is 14.3 Å². The van der Waals surface area contributed by atoms with Gasteiger partial charge in [0.05, 0.1) is 11.6 Å². The first-order chi connectivity index (χ1) is 11.4. The number of rotatable bonds is 7. The van der Waals surface area contributed by atoms with E-state index in [9.17, 15) is 14.4 Å². The van der Waals surface area contributed by atoms with Crippen LogP contribution in [0.4, 0.5) is 4.79 Å². The minimum atomic E-state index is -0.854. The Labute approximate surface area is 149 Å². The molecule has 1 rings (SSSR count). The van der Waals surface area contributed by atoms with Crippen LogP contribution in [-0.4, -0.2) is 49.1 Å². The van der Waals surface area contributed by atoms with Crippen molar-refractivity contribution in [2.45, 2.75) is 13.8 Å². The highest BCUT2D eigenvalue weighted by Gasteiger charge is 2.18. The summed E-state index contributed by atoms with van der Waals surface area (Å²) in [4.78, 5) is 36.2. The molecule has 0 aliphatic heterocycles. The molecular weight excluding hydrogens is 359 g/mol. The van der Waals surface area contributed by atoms with Gasteiger partial charge in [0, 0.05) is 17.6 Å². The number of imide groups is 1. The molecular formula is C15H18Cl2N2O5. The molecule has 3 amide bonds. The summed E-state index contributed by atoms with van der Waals surface area (Å²) in [6.45, 7) is 3.11. The molecule has 7 nitrogen and oxygen atoms in total. The summed E-state index contributed by atoms with van der Waals surface area (Å²) in [6, 6.07) is 4.63. The van der Waals surface area contributed by atoms with Gasteiger partial charge in [-0.25, -0.2) is 4.79 Å². The van der Waals surface area contributed by atoms with E-state index in [4.69, 9.17) is 27.9 Å². The summed E-state index contributed by atoms with van der Waals surface area (Å²) in [6.07, 6.45) is -0.854. The highest BCUT2D eigenvalue weighted by Crippen LogP contribution is 2.27. The van der Waals surface area contributed by atoms with Crippen molar-refractivity contribution in [3.05, 3.63) is 28.2 Å². The zero-order valence-electron chi connectivity index (χ0n) is 13.3. The average Bonchev–Trinajstić information content (AvgIpc) is 2.53. The molecule has 0 unspecified atom stereocenters. The van der Waals surface area contributed by atoms with Crippen LogP contribution in [0.1, 0.15) is 13.8 Å². The van der Waals surface area contributed by atoms with Crippen LogP contribution in [0.15, 0.2) is 18.2 Å². The number of ether oxygens (including phenoxy) is 2. The summed E-state index contributed by atoms with van der Waals surface area (Å²) in [5.74, 6) is -0.818. The lowest BCUT2D eigenvalue weighted by Gasteiger charge is -2.20. The van der Waals surface area contributed by atoms with Crippen LogP contribution in [0, 0.1) is 0 Å². The van der Waals surface area contributed by atoms with E-state index >= 15 is 0 Å². The molecule has 0 atom stereocenters. The maximum atomic E-state index is 12.1. The fourth-order valence-corrected chi connectivity index (χ4v) is 2.02. The number of halogens is 2. The van der Waals surface area contributed by atoms with Crippen molar-refractivity contribution in [3.63, 3.8) is 0 Å². The number of nitrogens with zero attached hydrogens (tertiary/aromatic N) is 1. The average molecular weight is 377 g/mol. The number of carbonyl (C=O) groups excluding carboxylic acids is 3. The summed E-state index contributed by atoms with van der Waals surface area (Å²) >= 11 is 11.8. The second-order valence-electron chi connectivity index (χ2n) is 4.54. The van der Waals surface area contributed by atoms with E-state index in [0.717, 1.165) is 0 Å². The van der Waals surface area contributed by atoms with E-state index in [1.807, 2.05) is 5.32 Å². The van der Waals surface area contributed by atoms with E-state index in [1.54, 1.807) is 26.0 Å². The molecule has 1 aromatic rings. The minimum absolute atomic E-state index is 0.143. The van der Waals surface area contributed by atoms with E-state index in [0.29, 0.717) is 10.0 Å². The Kier molecular flexibility index (Phi) is 8.35. The summed E-state index contributed by atoms with van der Waals surface area (Å²) in [7, 11) is 0. The summed E-state index contributed by atoms with van der Waals surface area (Å²) < 4.78 is 9.92. The second-order valence-corrected chi connectivity index (χ2v) is 5.38. The molecule has 1 aromatic carbocycles. The van der Waals surface area contributed by atoms with Crippen molar-refractivity contribution in [1.82, 2.24) is 10.2 Å². The van der Waals surface area contributed by atoms with E-state index in [-0.39, 0.29) is 32.1 Å². The Balaban J connectivity index is 2.55. The Morgan fingerprint density at radius 1 is 1.21 bits per heavy atom. The molecule has 0 aliphatic carbocycles.